The van der Waals surface area contributed by atoms with Crippen LogP contribution in [0.3, 0.4) is 0 Å². The number of carbonyl (C=O) groups is 1. The van der Waals surface area contributed by atoms with Gasteiger partial charge in [-0.1, -0.05) is 23.7 Å². The fraction of sp³-hybridized carbons (Fsp3) is 0.320. The van der Waals surface area contributed by atoms with Crippen molar-refractivity contribution in [2.45, 2.75) is 47.6 Å². The zero-order chi connectivity index (χ0) is 23.3. The topological polar surface area (TPSA) is 71.3 Å². The maximum atomic E-state index is 12.8. The van der Waals surface area contributed by atoms with Crippen LogP contribution >= 0.6 is 11.6 Å². The smallest absolute Gasteiger partial charge is 0.258 e. The van der Waals surface area contributed by atoms with Gasteiger partial charge in [0.05, 0.1) is 5.69 Å². The minimum atomic E-state index is -0.269. The monoisotopic (exact) mass is 451 g/mol. The van der Waals surface area contributed by atoms with Crippen molar-refractivity contribution in [3.63, 3.8) is 0 Å². The van der Waals surface area contributed by atoms with E-state index in [0.29, 0.717) is 23.1 Å². The van der Waals surface area contributed by atoms with E-state index in [2.05, 4.69) is 40.6 Å². The molecule has 0 bridgehead atoms. The zero-order valence-electron chi connectivity index (χ0n) is 19.3. The first kappa shape index (κ1) is 23.5. The Kier molecular flexibility index (Phi) is 7.70. The molecule has 7 heteroatoms. The van der Waals surface area contributed by atoms with Crippen LogP contribution in [0.2, 0.25) is 5.02 Å². The number of hydrogen-bond acceptors (Lipinski definition) is 3. The minimum Gasteiger partial charge on any atom is -0.326 e. The number of nitrogens with one attached hydrogen (secondary N) is 2. The van der Waals surface area contributed by atoms with Gasteiger partial charge in [0.1, 0.15) is 0 Å². The van der Waals surface area contributed by atoms with Crippen molar-refractivity contribution in [2.24, 2.45) is 4.99 Å². The van der Waals surface area contributed by atoms with Crippen LogP contribution in [0.15, 0.2) is 47.5 Å². The molecule has 0 radical (unpaired) electrons. The average Bonchev–Trinajstić information content (AvgIpc) is 3.00. The molecule has 168 valence electrons. The number of halogens is 1. The van der Waals surface area contributed by atoms with E-state index in [9.17, 15) is 4.79 Å². The number of guanidine groups is 1. The van der Waals surface area contributed by atoms with Gasteiger partial charge in [-0.2, -0.15) is 5.10 Å². The van der Waals surface area contributed by atoms with E-state index in [-0.39, 0.29) is 5.91 Å². The Morgan fingerprint density at radius 2 is 1.81 bits per heavy atom. The molecule has 1 amide bonds. The minimum absolute atomic E-state index is 0.269. The molecule has 2 aromatic carbocycles. The van der Waals surface area contributed by atoms with E-state index in [4.69, 9.17) is 11.6 Å². The van der Waals surface area contributed by atoms with Crippen molar-refractivity contribution in [3.8, 4) is 0 Å². The molecule has 1 heterocycles. The molecule has 0 fully saturated rings. The molecule has 3 aromatic rings. The summed E-state index contributed by atoms with van der Waals surface area (Å²) in [5.41, 5.74) is 6.99. The van der Waals surface area contributed by atoms with Crippen LogP contribution in [0.1, 0.15) is 45.4 Å². The van der Waals surface area contributed by atoms with Crippen molar-refractivity contribution in [3.05, 3.63) is 81.1 Å². The molecule has 2 N–H and O–H groups in total. The lowest BCUT2D eigenvalue weighted by Crippen LogP contribution is -2.36. The molecule has 0 aliphatic rings. The van der Waals surface area contributed by atoms with Crippen LogP contribution in [0.25, 0.3) is 0 Å². The van der Waals surface area contributed by atoms with Gasteiger partial charge in [0.15, 0.2) is 0 Å². The van der Waals surface area contributed by atoms with Crippen molar-refractivity contribution >= 4 is 29.2 Å². The Hall–Kier alpha value is -3.12. The van der Waals surface area contributed by atoms with E-state index in [1.807, 2.05) is 37.6 Å². The van der Waals surface area contributed by atoms with E-state index >= 15 is 0 Å². The maximum Gasteiger partial charge on any atom is 0.258 e. The Bertz CT molecular complexity index is 1130. The maximum absolute atomic E-state index is 12.8. The van der Waals surface area contributed by atoms with Gasteiger partial charge in [-0.25, -0.2) is 0 Å². The highest BCUT2D eigenvalue weighted by Crippen LogP contribution is 2.16. The van der Waals surface area contributed by atoms with E-state index < -0.39 is 0 Å². The molecule has 1 aromatic heterocycles. The first-order valence-corrected chi connectivity index (χ1v) is 11.1. The first-order chi connectivity index (χ1) is 15.3. The second-order valence-electron chi connectivity index (χ2n) is 7.91. The molecule has 6 nitrogen and oxygen atoms in total. The number of aromatic nitrogens is 2. The molecule has 0 aliphatic carbocycles. The Labute approximate surface area is 194 Å². The quantitative estimate of drug-likeness (QED) is 0.398. The fourth-order valence-electron chi connectivity index (χ4n) is 3.79. The Morgan fingerprint density at radius 1 is 1.09 bits per heavy atom. The van der Waals surface area contributed by atoms with Crippen LogP contribution in [0.4, 0.5) is 5.69 Å². The number of aliphatic imine (C=N–C) groups is 1. The third-order valence-electron chi connectivity index (χ3n) is 5.27. The predicted molar refractivity (Wildman–Crippen MR) is 132 cm³/mol. The number of nitrogens with zero attached hydrogens (tertiary/aromatic N) is 3. The van der Waals surface area contributed by atoms with Gasteiger partial charge in [0.2, 0.25) is 5.96 Å². The zero-order valence-corrected chi connectivity index (χ0v) is 20.0. The normalized spacial score (nSPS) is 11.5. The van der Waals surface area contributed by atoms with Crippen LogP contribution in [0.5, 0.6) is 0 Å². The highest BCUT2D eigenvalue weighted by Gasteiger charge is 2.12. The molecular formula is C25H30ClN5O. The second-order valence-corrected chi connectivity index (χ2v) is 8.35. The third kappa shape index (κ3) is 5.98. The SMILES string of the molecule is CCn1nc(C)c(CCN=C(NC(=O)c2cccc(Cl)c2)Nc2cc(C)cc(C)c2)c1C. The Balaban J connectivity index is 1.82. The molecule has 0 unspecified atom stereocenters. The van der Waals surface area contributed by atoms with Crippen LogP contribution < -0.4 is 10.6 Å². The molecule has 0 saturated carbocycles. The summed E-state index contributed by atoms with van der Waals surface area (Å²) < 4.78 is 2.00. The number of anilines is 1. The van der Waals surface area contributed by atoms with Crippen molar-refractivity contribution < 1.29 is 4.79 Å². The van der Waals surface area contributed by atoms with Gasteiger partial charge in [0, 0.05) is 35.1 Å². The molecule has 0 spiro atoms. The lowest BCUT2D eigenvalue weighted by atomic mass is 10.1. The number of aryl methyl sites for hydroxylation is 4. The van der Waals surface area contributed by atoms with Gasteiger partial charge in [-0.3, -0.25) is 19.8 Å². The molecule has 0 saturated heterocycles. The van der Waals surface area contributed by atoms with Gasteiger partial charge in [0.25, 0.3) is 5.91 Å². The lowest BCUT2D eigenvalue weighted by molar-refractivity contribution is 0.0977. The Morgan fingerprint density at radius 3 is 2.44 bits per heavy atom. The summed E-state index contributed by atoms with van der Waals surface area (Å²) in [6, 6.07) is 13.0. The highest BCUT2D eigenvalue weighted by molar-refractivity contribution is 6.31. The first-order valence-electron chi connectivity index (χ1n) is 10.8. The molecule has 0 aliphatic heterocycles. The van der Waals surface area contributed by atoms with E-state index in [0.717, 1.165) is 41.2 Å². The van der Waals surface area contributed by atoms with Crippen LogP contribution in [-0.2, 0) is 13.0 Å². The second kappa shape index (κ2) is 10.5. The van der Waals surface area contributed by atoms with Crippen molar-refractivity contribution in [1.82, 2.24) is 15.1 Å². The number of rotatable bonds is 6. The van der Waals surface area contributed by atoms with Gasteiger partial charge in [-0.15, -0.1) is 0 Å². The summed E-state index contributed by atoms with van der Waals surface area (Å²) in [7, 11) is 0. The largest absolute Gasteiger partial charge is 0.326 e. The number of amides is 1. The van der Waals surface area contributed by atoms with E-state index in [1.165, 1.54) is 5.56 Å². The number of benzene rings is 2. The average molecular weight is 452 g/mol. The summed E-state index contributed by atoms with van der Waals surface area (Å²) in [6.07, 6.45) is 0.739. The molecular weight excluding hydrogens is 422 g/mol. The number of hydrogen-bond donors (Lipinski definition) is 2. The van der Waals surface area contributed by atoms with Crippen LogP contribution in [-0.4, -0.2) is 28.2 Å². The highest BCUT2D eigenvalue weighted by atomic mass is 35.5. The predicted octanol–water partition coefficient (Wildman–Crippen LogP) is 5.23. The van der Waals surface area contributed by atoms with Gasteiger partial charge >= 0.3 is 0 Å². The summed E-state index contributed by atoms with van der Waals surface area (Å²) >= 11 is 6.05. The summed E-state index contributed by atoms with van der Waals surface area (Å²) in [5.74, 6) is 0.132. The lowest BCUT2D eigenvalue weighted by Gasteiger charge is -2.13. The van der Waals surface area contributed by atoms with Crippen molar-refractivity contribution in [1.29, 1.82) is 0 Å². The summed E-state index contributed by atoms with van der Waals surface area (Å²) in [6.45, 7) is 11.6. The fourth-order valence-corrected chi connectivity index (χ4v) is 3.98. The molecule has 32 heavy (non-hydrogen) atoms. The summed E-state index contributed by atoms with van der Waals surface area (Å²) in [5, 5.41) is 11.3. The van der Waals surface area contributed by atoms with Gasteiger partial charge < -0.3 is 5.32 Å². The summed E-state index contributed by atoms with van der Waals surface area (Å²) in [4.78, 5) is 17.5. The number of carbonyl (C=O) groups excluding carboxylic acids is 1. The molecule has 0 atom stereocenters. The molecule has 3 rings (SSSR count). The van der Waals surface area contributed by atoms with Crippen molar-refractivity contribution in [2.75, 3.05) is 11.9 Å². The standard InChI is InChI=1S/C25H30ClN5O/c1-6-31-19(5)23(18(4)30-31)10-11-27-25(28-22-13-16(2)12-17(3)14-22)29-24(32)20-8-7-9-21(26)15-20/h7-9,12-15H,6,10-11H2,1-5H3,(H2,27,28,29,32). The third-order valence-corrected chi connectivity index (χ3v) is 5.50. The van der Waals surface area contributed by atoms with Gasteiger partial charge in [-0.05, 0) is 88.1 Å². The van der Waals surface area contributed by atoms with E-state index in [1.54, 1.807) is 24.3 Å². The van der Waals surface area contributed by atoms with Crippen LogP contribution in [0, 0.1) is 27.7 Å².